The molecule has 0 bridgehead atoms. The molecule has 0 aliphatic heterocycles. The molecule has 9 heteroatoms. The van der Waals surface area contributed by atoms with Gasteiger partial charge in [-0.1, -0.05) is 18.2 Å². The molecule has 2 heterocycles. The van der Waals surface area contributed by atoms with Crippen molar-refractivity contribution in [3.63, 3.8) is 0 Å². The van der Waals surface area contributed by atoms with E-state index in [2.05, 4.69) is 4.98 Å². The van der Waals surface area contributed by atoms with Gasteiger partial charge in [-0.05, 0) is 32.0 Å². The molecule has 0 fully saturated rings. The molecule has 0 N–H and O–H groups in total. The Bertz CT molecular complexity index is 1390. The van der Waals surface area contributed by atoms with Crippen LogP contribution in [0.15, 0.2) is 58.4 Å². The Balaban J connectivity index is 2.04. The standard InChI is InChI=1S/C21H17F3N4O2/c1-12(2)27-20(29)18-19(25-11-26(18)10-13-5-3-4-6-15(13)22)28(21(27)30)14-7-8-16(23)17(24)9-14/h3-9,11-12H,10H2,1-2H3. The highest BCUT2D eigenvalue weighted by molar-refractivity contribution is 5.72. The molecule has 0 aliphatic rings. The minimum absolute atomic E-state index is 0.00644. The molecule has 2 aromatic carbocycles. The highest BCUT2D eigenvalue weighted by Gasteiger charge is 2.21. The van der Waals surface area contributed by atoms with Gasteiger partial charge in [-0.3, -0.25) is 9.36 Å². The predicted octanol–water partition coefficient (Wildman–Crippen LogP) is 3.40. The number of nitrogens with zero attached hydrogens (tertiary/aromatic N) is 4. The zero-order valence-electron chi connectivity index (χ0n) is 16.1. The van der Waals surface area contributed by atoms with Crippen LogP contribution in [0.3, 0.4) is 0 Å². The highest BCUT2D eigenvalue weighted by Crippen LogP contribution is 2.18. The molecule has 0 atom stereocenters. The summed E-state index contributed by atoms with van der Waals surface area (Å²) in [7, 11) is 0. The van der Waals surface area contributed by atoms with E-state index >= 15 is 0 Å². The summed E-state index contributed by atoms with van der Waals surface area (Å²) in [4.78, 5) is 30.3. The zero-order chi connectivity index (χ0) is 21.6. The molecule has 0 amide bonds. The van der Waals surface area contributed by atoms with E-state index < -0.39 is 34.7 Å². The summed E-state index contributed by atoms with van der Waals surface area (Å²) in [6.07, 6.45) is 1.32. The Labute approximate surface area is 168 Å². The molecule has 6 nitrogen and oxygen atoms in total. The van der Waals surface area contributed by atoms with E-state index in [9.17, 15) is 22.8 Å². The summed E-state index contributed by atoms with van der Waals surface area (Å²) in [5, 5.41) is 0. The number of halogens is 3. The fourth-order valence-corrected chi connectivity index (χ4v) is 3.40. The molecule has 0 saturated carbocycles. The molecule has 30 heavy (non-hydrogen) atoms. The van der Waals surface area contributed by atoms with E-state index in [0.717, 1.165) is 21.3 Å². The third-order valence-corrected chi connectivity index (χ3v) is 4.83. The summed E-state index contributed by atoms with van der Waals surface area (Å²) >= 11 is 0. The average molecular weight is 414 g/mol. The lowest BCUT2D eigenvalue weighted by molar-refractivity contribution is 0.506. The summed E-state index contributed by atoms with van der Waals surface area (Å²) in [6, 6.07) is 8.57. The quantitative estimate of drug-likeness (QED) is 0.514. The predicted molar refractivity (Wildman–Crippen MR) is 105 cm³/mol. The summed E-state index contributed by atoms with van der Waals surface area (Å²) in [6.45, 7) is 3.32. The molecule has 0 radical (unpaired) electrons. The van der Waals surface area contributed by atoms with Gasteiger partial charge in [-0.15, -0.1) is 0 Å². The summed E-state index contributed by atoms with van der Waals surface area (Å²) in [5.74, 6) is -2.65. The molecule has 2 aromatic heterocycles. The normalized spacial score (nSPS) is 11.5. The van der Waals surface area contributed by atoms with E-state index in [1.54, 1.807) is 32.0 Å². The number of hydrogen-bond donors (Lipinski definition) is 0. The van der Waals surface area contributed by atoms with Crippen molar-refractivity contribution in [2.45, 2.75) is 26.4 Å². The van der Waals surface area contributed by atoms with Crippen LogP contribution in [0.1, 0.15) is 25.5 Å². The third kappa shape index (κ3) is 3.12. The highest BCUT2D eigenvalue weighted by atomic mass is 19.2. The number of imidazole rings is 1. The molecule has 0 aliphatic carbocycles. The second kappa shape index (κ2) is 7.33. The van der Waals surface area contributed by atoms with Crippen LogP contribution in [0.5, 0.6) is 0 Å². The number of rotatable bonds is 4. The van der Waals surface area contributed by atoms with E-state index in [4.69, 9.17) is 0 Å². The van der Waals surface area contributed by atoms with Crippen molar-refractivity contribution in [1.82, 2.24) is 18.7 Å². The van der Waals surface area contributed by atoms with Crippen LogP contribution in [-0.2, 0) is 6.54 Å². The first-order valence-corrected chi connectivity index (χ1v) is 9.20. The van der Waals surface area contributed by atoms with Gasteiger partial charge in [0, 0.05) is 17.7 Å². The van der Waals surface area contributed by atoms with Gasteiger partial charge in [-0.25, -0.2) is 27.5 Å². The van der Waals surface area contributed by atoms with Crippen LogP contribution in [0, 0.1) is 17.5 Å². The Morgan fingerprint density at radius 1 is 0.967 bits per heavy atom. The summed E-state index contributed by atoms with van der Waals surface area (Å²) in [5.41, 5.74) is -0.949. The van der Waals surface area contributed by atoms with E-state index in [0.29, 0.717) is 5.56 Å². The molecular formula is C21H17F3N4O2. The fourth-order valence-electron chi connectivity index (χ4n) is 3.40. The lowest BCUT2D eigenvalue weighted by Crippen LogP contribution is -2.41. The van der Waals surface area contributed by atoms with Crippen LogP contribution in [0.25, 0.3) is 16.9 Å². The fraction of sp³-hybridized carbons (Fsp3) is 0.190. The zero-order valence-corrected chi connectivity index (χ0v) is 16.1. The molecular weight excluding hydrogens is 397 g/mol. The maximum atomic E-state index is 14.1. The van der Waals surface area contributed by atoms with Gasteiger partial charge in [0.2, 0.25) is 0 Å². The van der Waals surface area contributed by atoms with Crippen molar-refractivity contribution in [2.75, 3.05) is 0 Å². The molecule has 4 aromatic rings. The minimum atomic E-state index is -1.14. The topological polar surface area (TPSA) is 61.8 Å². The number of fused-ring (bicyclic) bond motifs is 1. The van der Waals surface area contributed by atoms with Crippen LogP contribution < -0.4 is 11.2 Å². The lowest BCUT2D eigenvalue weighted by atomic mass is 10.2. The van der Waals surface area contributed by atoms with Crippen molar-refractivity contribution in [2.24, 2.45) is 0 Å². The van der Waals surface area contributed by atoms with E-state index in [1.807, 2.05) is 0 Å². The first kappa shape index (κ1) is 19.7. The van der Waals surface area contributed by atoms with Crippen LogP contribution in [0.2, 0.25) is 0 Å². The maximum absolute atomic E-state index is 14.1. The van der Waals surface area contributed by atoms with Crippen LogP contribution >= 0.6 is 0 Å². The largest absolute Gasteiger partial charge is 0.337 e. The second-order valence-corrected chi connectivity index (χ2v) is 7.12. The van der Waals surface area contributed by atoms with E-state index in [-0.39, 0.29) is 23.4 Å². The van der Waals surface area contributed by atoms with Gasteiger partial charge >= 0.3 is 5.69 Å². The lowest BCUT2D eigenvalue weighted by Gasteiger charge is -2.15. The number of benzene rings is 2. The van der Waals surface area contributed by atoms with Gasteiger partial charge in [0.05, 0.1) is 18.6 Å². The van der Waals surface area contributed by atoms with Crippen LogP contribution in [-0.4, -0.2) is 18.7 Å². The average Bonchev–Trinajstić information content (AvgIpc) is 3.10. The van der Waals surface area contributed by atoms with Crippen molar-refractivity contribution in [1.29, 1.82) is 0 Å². The molecule has 0 unspecified atom stereocenters. The van der Waals surface area contributed by atoms with Crippen LogP contribution in [0.4, 0.5) is 13.2 Å². The van der Waals surface area contributed by atoms with Gasteiger partial charge in [0.25, 0.3) is 5.56 Å². The van der Waals surface area contributed by atoms with Crippen molar-refractivity contribution < 1.29 is 13.2 Å². The van der Waals surface area contributed by atoms with Gasteiger partial charge in [-0.2, -0.15) is 0 Å². The molecule has 154 valence electrons. The second-order valence-electron chi connectivity index (χ2n) is 7.12. The number of aromatic nitrogens is 4. The molecule has 0 spiro atoms. The van der Waals surface area contributed by atoms with Gasteiger partial charge < -0.3 is 4.57 Å². The Morgan fingerprint density at radius 2 is 1.70 bits per heavy atom. The third-order valence-electron chi connectivity index (χ3n) is 4.83. The van der Waals surface area contributed by atoms with Crippen molar-refractivity contribution in [3.05, 3.63) is 92.6 Å². The number of hydrogen-bond acceptors (Lipinski definition) is 3. The van der Waals surface area contributed by atoms with E-state index in [1.165, 1.54) is 23.0 Å². The SMILES string of the molecule is CC(C)n1c(=O)c2c(ncn2Cc2ccccc2F)n(-c2ccc(F)c(F)c2)c1=O. The Morgan fingerprint density at radius 3 is 2.37 bits per heavy atom. The Hall–Kier alpha value is -3.62. The summed E-state index contributed by atoms with van der Waals surface area (Å²) < 4.78 is 44.9. The monoisotopic (exact) mass is 414 g/mol. The molecule has 4 rings (SSSR count). The molecule has 0 saturated heterocycles. The van der Waals surface area contributed by atoms with Gasteiger partial charge in [0.15, 0.2) is 22.8 Å². The van der Waals surface area contributed by atoms with Crippen molar-refractivity contribution >= 4 is 11.2 Å². The first-order chi connectivity index (χ1) is 14.3. The Kier molecular flexibility index (Phi) is 4.81. The van der Waals surface area contributed by atoms with Gasteiger partial charge in [0.1, 0.15) is 5.82 Å². The maximum Gasteiger partial charge on any atom is 0.337 e. The smallest absolute Gasteiger partial charge is 0.320 e. The first-order valence-electron chi connectivity index (χ1n) is 9.20. The minimum Gasteiger partial charge on any atom is -0.320 e. The van der Waals surface area contributed by atoms with Crippen molar-refractivity contribution in [3.8, 4) is 5.69 Å².